The standard InChI is InChI=1S/C19H21ClN2O5S/c1-13-7-8-15-17(11-13)27-18(12-22(15)28(2,24)25)19(23)21-9-10-26-16-6-4-3-5-14(16)20/h3-8,11,18H,9-10,12H2,1-2H3,(H,21,23). The maximum atomic E-state index is 12.5. The summed E-state index contributed by atoms with van der Waals surface area (Å²) in [7, 11) is -3.55. The van der Waals surface area contributed by atoms with Crippen LogP contribution in [0.25, 0.3) is 0 Å². The minimum absolute atomic E-state index is 0.0912. The van der Waals surface area contributed by atoms with E-state index < -0.39 is 22.0 Å². The molecule has 0 saturated carbocycles. The van der Waals surface area contributed by atoms with Crippen LogP contribution in [0.5, 0.6) is 11.5 Å². The maximum absolute atomic E-state index is 12.5. The number of halogens is 1. The lowest BCUT2D eigenvalue weighted by molar-refractivity contribution is -0.127. The number of hydrogen-bond donors (Lipinski definition) is 1. The van der Waals surface area contributed by atoms with Crippen LogP contribution in [0.4, 0.5) is 5.69 Å². The van der Waals surface area contributed by atoms with Crippen molar-refractivity contribution in [3.63, 3.8) is 0 Å². The largest absolute Gasteiger partial charge is 0.490 e. The fraction of sp³-hybridized carbons (Fsp3) is 0.316. The average molecular weight is 425 g/mol. The highest BCUT2D eigenvalue weighted by molar-refractivity contribution is 7.92. The Labute approximate surface area is 169 Å². The van der Waals surface area contributed by atoms with Crippen LogP contribution < -0.4 is 19.1 Å². The molecule has 0 saturated heterocycles. The third-order valence-corrected chi connectivity index (χ3v) is 5.63. The summed E-state index contributed by atoms with van der Waals surface area (Å²) in [5, 5.41) is 3.19. The molecule has 28 heavy (non-hydrogen) atoms. The van der Waals surface area contributed by atoms with Gasteiger partial charge in [-0.1, -0.05) is 29.8 Å². The number of sulfonamides is 1. The van der Waals surface area contributed by atoms with Gasteiger partial charge in [-0.2, -0.15) is 0 Å². The Bertz CT molecular complexity index is 980. The summed E-state index contributed by atoms with van der Waals surface area (Å²) >= 11 is 6.01. The fourth-order valence-electron chi connectivity index (χ4n) is 2.82. The van der Waals surface area contributed by atoms with Gasteiger partial charge in [-0.3, -0.25) is 9.10 Å². The van der Waals surface area contributed by atoms with Gasteiger partial charge >= 0.3 is 0 Å². The number of benzene rings is 2. The second kappa shape index (κ2) is 8.28. The van der Waals surface area contributed by atoms with Crippen molar-refractivity contribution < 1.29 is 22.7 Å². The molecule has 0 radical (unpaired) electrons. The van der Waals surface area contributed by atoms with Crippen molar-refractivity contribution in [1.29, 1.82) is 0 Å². The lowest BCUT2D eigenvalue weighted by atomic mass is 10.1. The number of carbonyl (C=O) groups is 1. The summed E-state index contributed by atoms with van der Waals surface area (Å²) in [5.74, 6) is 0.479. The highest BCUT2D eigenvalue weighted by atomic mass is 35.5. The molecule has 1 aliphatic rings. The third kappa shape index (κ3) is 4.69. The zero-order chi connectivity index (χ0) is 20.3. The average Bonchev–Trinajstić information content (AvgIpc) is 2.64. The second-order valence-corrected chi connectivity index (χ2v) is 8.76. The normalized spacial score (nSPS) is 16.1. The van der Waals surface area contributed by atoms with Crippen LogP contribution in [0.1, 0.15) is 5.56 Å². The lowest BCUT2D eigenvalue weighted by Gasteiger charge is -2.34. The van der Waals surface area contributed by atoms with Gasteiger partial charge in [0.2, 0.25) is 10.0 Å². The molecule has 1 atom stereocenters. The van der Waals surface area contributed by atoms with Gasteiger partial charge < -0.3 is 14.8 Å². The van der Waals surface area contributed by atoms with E-state index in [4.69, 9.17) is 21.1 Å². The van der Waals surface area contributed by atoms with E-state index in [-0.39, 0.29) is 19.7 Å². The van der Waals surface area contributed by atoms with Gasteiger partial charge in [0.05, 0.1) is 30.1 Å². The minimum Gasteiger partial charge on any atom is -0.490 e. The zero-order valence-corrected chi connectivity index (χ0v) is 17.1. The van der Waals surface area contributed by atoms with E-state index in [1.807, 2.05) is 6.92 Å². The van der Waals surface area contributed by atoms with Crippen molar-refractivity contribution in [1.82, 2.24) is 5.32 Å². The van der Waals surface area contributed by atoms with E-state index in [0.717, 1.165) is 11.8 Å². The molecule has 3 rings (SSSR count). The van der Waals surface area contributed by atoms with Gasteiger partial charge in [0, 0.05) is 0 Å². The van der Waals surface area contributed by atoms with Gasteiger partial charge in [-0.05, 0) is 36.8 Å². The molecule has 0 spiro atoms. The number of para-hydroxylation sites is 1. The summed E-state index contributed by atoms with van der Waals surface area (Å²) < 4.78 is 36.8. The molecule has 150 valence electrons. The molecule has 1 N–H and O–H groups in total. The predicted octanol–water partition coefficient (Wildman–Crippen LogP) is 2.37. The Morgan fingerprint density at radius 2 is 2.07 bits per heavy atom. The lowest BCUT2D eigenvalue weighted by Crippen LogP contribution is -2.51. The summed E-state index contributed by atoms with van der Waals surface area (Å²) in [5.41, 5.74) is 1.33. The zero-order valence-electron chi connectivity index (χ0n) is 15.5. The van der Waals surface area contributed by atoms with E-state index in [1.54, 1.807) is 42.5 Å². The molecule has 1 amide bonds. The number of nitrogens with zero attached hydrogens (tertiary/aromatic N) is 1. The molecule has 0 fully saturated rings. The summed E-state index contributed by atoms with van der Waals surface area (Å²) in [6.07, 6.45) is 0.151. The minimum atomic E-state index is -3.55. The molecular formula is C19H21ClN2O5S. The van der Waals surface area contributed by atoms with E-state index in [2.05, 4.69) is 5.32 Å². The molecule has 0 aromatic heterocycles. The van der Waals surface area contributed by atoms with Gasteiger partial charge in [0.25, 0.3) is 5.91 Å². The summed E-state index contributed by atoms with van der Waals surface area (Å²) in [6.45, 7) is 2.22. The number of ether oxygens (including phenoxy) is 2. The number of amides is 1. The molecule has 1 heterocycles. The SMILES string of the molecule is Cc1ccc2c(c1)OC(C(=O)NCCOc1ccccc1Cl)CN2S(C)(=O)=O. The van der Waals surface area contributed by atoms with E-state index in [0.29, 0.717) is 22.2 Å². The van der Waals surface area contributed by atoms with Crippen LogP contribution in [-0.4, -0.2) is 46.4 Å². The smallest absolute Gasteiger partial charge is 0.263 e. The van der Waals surface area contributed by atoms with Crippen LogP contribution >= 0.6 is 11.6 Å². The highest BCUT2D eigenvalue weighted by Gasteiger charge is 2.34. The molecule has 0 bridgehead atoms. The van der Waals surface area contributed by atoms with Crippen molar-refractivity contribution in [2.24, 2.45) is 0 Å². The van der Waals surface area contributed by atoms with Crippen molar-refractivity contribution in [2.75, 3.05) is 30.3 Å². The Balaban J connectivity index is 1.63. The number of carbonyl (C=O) groups excluding carboxylic acids is 1. The molecule has 2 aromatic carbocycles. The molecule has 1 aliphatic heterocycles. The van der Waals surface area contributed by atoms with E-state index >= 15 is 0 Å². The van der Waals surface area contributed by atoms with Gasteiger partial charge in [0.15, 0.2) is 6.10 Å². The van der Waals surface area contributed by atoms with Gasteiger partial charge in [0.1, 0.15) is 18.1 Å². The van der Waals surface area contributed by atoms with E-state index in [9.17, 15) is 13.2 Å². The van der Waals surface area contributed by atoms with Crippen molar-refractivity contribution in [2.45, 2.75) is 13.0 Å². The number of hydrogen-bond acceptors (Lipinski definition) is 5. The number of anilines is 1. The fourth-order valence-corrected chi connectivity index (χ4v) is 3.93. The number of nitrogens with one attached hydrogen (secondary N) is 1. The Hall–Kier alpha value is -2.45. The molecule has 2 aromatic rings. The first-order valence-corrected chi connectivity index (χ1v) is 10.9. The Morgan fingerprint density at radius 3 is 2.79 bits per heavy atom. The number of fused-ring (bicyclic) bond motifs is 1. The summed E-state index contributed by atoms with van der Waals surface area (Å²) in [6, 6.07) is 12.2. The van der Waals surface area contributed by atoms with E-state index in [1.165, 1.54) is 4.31 Å². The van der Waals surface area contributed by atoms with Gasteiger partial charge in [-0.15, -0.1) is 0 Å². The van der Waals surface area contributed by atoms with Crippen molar-refractivity contribution in [3.8, 4) is 11.5 Å². The number of aryl methyl sites for hydroxylation is 1. The van der Waals surface area contributed by atoms with Crippen LogP contribution in [0.15, 0.2) is 42.5 Å². The van der Waals surface area contributed by atoms with Gasteiger partial charge in [-0.25, -0.2) is 8.42 Å². The molecular weight excluding hydrogens is 404 g/mol. The number of rotatable bonds is 6. The molecule has 9 heteroatoms. The first kappa shape index (κ1) is 20.3. The Kier molecular flexibility index (Phi) is 6.00. The predicted molar refractivity (Wildman–Crippen MR) is 108 cm³/mol. The second-order valence-electron chi connectivity index (χ2n) is 6.44. The van der Waals surface area contributed by atoms with Crippen LogP contribution in [-0.2, 0) is 14.8 Å². The first-order valence-electron chi connectivity index (χ1n) is 8.66. The molecule has 7 nitrogen and oxygen atoms in total. The Morgan fingerprint density at radius 1 is 1.32 bits per heavy atom. The molecule has 0 aliphatic carbocycles. The van der Waals surface area contributed by atoms with Crippen molar-refractivity contribution in [3.05, 3.63) is 53.1 Å². The van der Waals surface area contributed by atoms with Crippen LogP contribution in [0.2, 0.25) is 5.02 Å². The van der Waals surface area contributed by atoms with Crippen LogP contribution in [0.3, 0.4) is 0 Å². The monoisotopic (exact) mass is 424 g/mol. The maximum Gasteiger partial charge on any atom is 0.263 e. The topological polar surface area (TPSA) is 84.9 Å². The third-order valence-electron chi connectivity index (χ3n) is 4.17. The van der Waals surface area contributed by atoms with Crippen molar-refractivity contribution >= 4 is 33.2 Å². The molecule has 1 unspecified atom stereocenters. The first-order chi connectivity index (χ1) is 13.3. The highest BCUT2D eigenvalue weighted by Crippen LogP contribution is 2.35. The van der Waals surface area contributed by atoms with Crippen LogP contribution in [0, 0.1) is 6.92 Å². The quantitative estimate of drug-likeness (QED) is 0.719. The summed E-state index contributed by atoms with van der Waals surface area (Å²) in [4.78, 5) is 12.5.